The van der Waals surface area contributed by atoms with Crippen molar-refractivity contribution in [3.8, 4) is 0 Å². The summed E-state index contributed by atoms with van der Waals surface area (Å²) in [4.78, 5) is 10.4. The van der Waals surface area contributed by atoms with Gasteiger partial charge in [0.15, 0.2) is 0 Å². The van der Waals surface area contributed by atoms with Gasteiger partial charge in [-0.2, -0.15) is 8.42 Å². The molecule has 2 heterocycles. The van der Waals surface area contributed by atoms with Crippen LogP contribution < -0.4 is 14.8 Å². The number of nitrogens with zero attached hydrogens (tertiary/aromatic N) is 3. The lowest BCUT2D eigenvalue weighted by Crippen LogP contribution is -2.36. The van der Waals surface area contributed by atoms with Gasteiger partial charge in [0.2, 0.25) is 0 Å². The summed E-state index contributed by atoms with van der Waals surface area (Å²) in [7, 11) is -3.56. The summed E-state index contributed by atoms with van der Waals surface area (Å²) in [6, 6.07) is 1.91. The molecule has 3 N–H and O–H groups in total. The minimum absolute atomic E-state index is 0.414. The molecule has 1 aliphatic rings. The van der Waals surface area contributed by atoms with E-state index < -0.39 is 10.2 Å². The monoisotopic (exact) mass is 285 g/mol. The number of piperidine rings is 1. The van der Waals surface area contributed by atoms with Crippen molar-refractivity contribution in [3.63, 3.8) is 0 Å². The van der Waals surface area contributed by atoms with E-state index in [1.807, 2.05) is 6.07 Å². The Bertz CT molecular complexity index is 485. The van der Waals surface area contributed by atoms with Gasteiger partial charge < -0.3 is 4.90 Å². The zero-order chi connectivity index (χ0) is 13.7. The number of nitrogens with two attached hydrogens (primary N) is 1. The van der Waals surface area contributed by atoms with E-state index >= 15 is 0 Å². The van der Waals surface area contributed by atoms with Crippen LogP contribution >= 0.6 is 0 Å². The molecule has 8 heteroatoms. The molecule has 1 aliphatic heterocycles. The maximum Gasteiger partial charge on any atom is 0.274 e. The fraction of sp³-hybridized carbons (Fsp3) is 0.636. The lowest BCUT2D eigenvalue weighted by molar-refractivity contribution is 0.380. The standard InChI is InChI=1S/C11H19N5O2S/c12-19(17,18)15-6-1-10-3-7-16(8-4-10)11-2-5-13-9-14-11/h2,5,9-10,15H,1,3-4,6-8H2,(H2,12,17,18). The molecule has 1 aromatic heterocycles. The summed E-state index contributed by atoms with van der Waals surface area (Å²) in [5.41, 5.74) is 0. The third kappa shape index (κ3) is 4.73. The SMILES string of the molecule is NS(=O)(=O)NCCC1CCN(c2ccncn2)CC1. The molecule has 106 valence electrons. The van der Waals surface area contributed by atoms with Crippen molar-refractivity contribution >= 4 is 16.0 Å². The van der Waals surface area contributed by atoms with Crippen molar-refractivity contribution in [2.24, 2.45) is 11.1 Å². The van der Waals surface area contributed by atoms with Crippen LogP contribution in [0.2, 0.25) is 0 Å². The van der Waals surface area contributed by atoms with E-state index in [0.29, 0.717) is 12.5 Å². The molecule has 0 amide bonds. The molecule has 19 heavy (non-hydrogen) atoms. The molecule has 0 saturated carbocycles. The van der Waals surface area contributed by atoms with E-state index in [4.69, 9.17) is 5.14 Å². The Morgan fingerprint density at radius 3 is 2.74 bits per heavy atom. The Balaban J connectivity index is 1.74. The molecule has 0 bridgehead atoms. The predicted molar refractivity (Wildman–Crippen MR) is 72.7 cm³/mol. The van der Waals surface area contributed by atoms with Crippen molar-refractivity contribution in [1.29, 1.82) is 0 Å². The maximum atomic E-state index is 10.8. The first kappa shape index (κ1) is 14.2. The topological polar surface area (TPSA) is 101 Å². The maximum absolute atomic E-state index is 10.8. The van der Waals surface area contributed by atoms with Crippen LogP contribution in [0.3, 0.4) is 0 Å². The third-order valence-corrected chi connectivity index (χ3v) is 3.97. The first-order chi connectivity index (χ1) is 9.04. The summed E-state index contributed by atoms with van der Waals surface area (Å²) in [6.07, 6.45) is 6.20. The molecule has 0 aromatic carbocycles. The fourth-order valence-corrected chi connectivity index (χ4v) is 2.73. The summed E-state index contributed by atoms with van der Waals surface area (Å²) in [6.45, 7) is 2.30. The highest BCUT2D eigenvalue weighted by molar-refractivity contribution is 7.87. The molecule has 1 aromatic rings. The van der Waals surface area contributed by atoms with Crippen LogP contribution in [0, 0.1) is 5.92 Å². The molecule has 0 unspecified atom stereocenters. The van der Waals surface area contributed by atoms with E-state index in [1.165, 1.54) is 0 Å². The molecular formula is C11H19N5O2S. The van der Waals surface area contributed by atoms with Crippen molar-refractivity contribution < 1.29 is 8.42 Å². The van der Waals surface area contributed by atoms with Gasteiger partial charge in [-0.25, -0.2) is 19.8 Å². The predicted octanol–water partition coefficient (Wildman–Crippen LogP) is -0.124. The number of nitrogens with one attached hydrogen (secondary N) is 1. The van der Waals surface area contributed by atoms with E-state index in [-0.39, 0.29) is 0 Å². The largest absolute Gasteiger partial charge is 0.357 e. The Morgan fingerprint density at radius 2 is 2.16 bits per heavy atom. The Kier molecular flexibility index (Phi) is 4.67. The number of aromatic nitrogens is 2. The fourth-order valence-electron chi connectivity index (χ4n) is 2.33. The Hall–Kier alpha value is -1.25. The minimum Gasteiger partial charge on any atom is -0.357 e. The van der Waals surface area contributed by atoms with Crippen LogP contribution in [0.25, 0.3) is 0 Å². The highest BCUT2D eigenvalue weighted by Gasteiger charge is 2.20. The molecule has 2 rings (SSSR count). The normalized spacial score (nSPS) is 17.6. The van der Waals surface area contributed by atoms with Crippen LogP contribution in [0.5, 0.6) is 0 Å². The molecule has 7 nitrogen and oxygen atoms in total. The second kappa shape index (κ2) is 6.27. The number of hydrogen-bond acceptors (Lipinski definition) is 5. The van der Waals surface area contributed by atoms with Crippen LogP contribution in [0.1, 0.15) is 19.3 Å². The van der Waals surface area contributed by atoms with Crippen LogP contribution in [-0.2, 0) is 10.2 Å². The zero-order valence-corrected chi connectivity index (χ0v) is 11.5. The van der Waals surface area contributed by atoms with Gasteiger partial charge in [0, 0.05) is 25.8 Å². The van der Waals surface area contributed by atoms with Gasteiger partial charge in [-0.05, 0) is 31.2 Å². The zero-order valence-electron chi connectivity index (χ0n) is 10.7. The first-order valence-corrected chi connectivity index (χ1v) is 7.87. The Morgan fingerprint density at radius 1 is 1.42 bits per heavy atom. The molecule has 0 atom stereocenters. The third-order valence-electron chi connectivity index (χ3n) is 3.36. The lowest BCUT2D eigenvalue weighted by Gasteiger charge is -2.32. The van der Waals surface area contributed by atoms with Gasteiger partial charge in [0.1, 0.15) is 12.1 Å². The van der Waals surface area contributed by atoms with Crippen LogP contribution in [0.4, 0.5) is 5.82 Å². The molecule has 0 radical (unpaired) electrons. The van der Waals surface area contributed by atoms with E-state index in [9.17, 15) is 8.42 Å². The van der Waals surface area contributed by atoms with Crippen LogP contribution in [-0.4, -0.2) is 38.0 Å². The lowest BCUT2D eigenvalue weighted by atomic mass is 9.94. The average molecular weight is 285 g/mol. The van der Waals surface area contributed by atoms with Crippen molar-refractivity contribution in [3.05, 3.63) is 18.6 Å². The molecule has 1 saturated heterocycles. The van der Waals surface area contributed by atoms with Gasteiger partial charge >= 0.3 is 0 Å². The average Bonchev–Trinajstić information content (AvgIpc) is 2.39. The number of rotatable bonds is 5. The molecular weight excluding hydrogens is 266 g/mol. The van der Waals surface area contributed by atoms with Gasteiger partial charge in [-0.1, -0.05) is 0 Å². The Labute approximate surface area is 113 Å². The molecule has 0 aliphatic carbocycles. The van der Waals surface area contributed by atoms with Crippen molar-refractivity contribution in [1.82, 2.24) is 14.7 Å². The number of anilines is 1. The quantitative estimate of drug-likeness (QED) is 0.785. The van der Waals surface area contributed by atoms with Crippen LogP contribution in [0.15, 0.2) is 18.6 Å². The summed E-state index contributed by atoms with van der Waals surface area (Å²) in [5, 5.41) is 4.89. The second-order valence-corrected chi connectivity index (χ2v) is 6.10. The summed E-state index contributed by atoms with van der Waals surface area (Å²) < 4.78 is 23.8. The van der Waals surface area contributed by atoms with Crippen molar-refractivity contribution in [2.45, 2.75) is 19.3 Å². The van der Waals surface area contributed by atoms with Gasteiger partial charge in [0.25, 0.3) is 10.2 Å². The highest BCUT2D eigenvalue weighted by atomic mass is 32.2. The van der Waals surface area contributed by atoms with E-state index in [1.54, 1.807) is 12.5 Å². The minimum atomic E-state index is -3.56. The molecule has 0 spiro atoms. The summed E-state index contributed by atoms with van der Waals surface area (Å²) >= 11 is 0. The van der Waals surface area contributed by atoms with E-state index in [2.05, 4.69) is 19.6 Å². The van der Waals surface area contributed by atoms with Gasteiger partial charge in [0.05, 0.1) is 0 Å². The molecule has 1 fully saturated rings. The van der Waals surface area contributed by atoms with Crippen molar-refractivity contribution in [2.75, 3.05) is 24.5 Å². The van der Waals surface area contributed by atoms with Gasteiger partial charge in [-0.3, -0.25) is 0 Å². The smallest absolute Gasteiger partial charge is 0.274 e. The summed E-state index contributed by atoms with van der Waals surface area (Å²) in [5.74, 6) is 1.49. The second-order valence-electron chi connectivity index (χ2n) is 4.73. The van der Waals surface area contributed by atoms with Gasteiger partial charge in [-0.15, -0.1) is 0 Å². The van der Waals surface area contributed by atoms with E-state index in [0.717, 1.165) is 38.2 Å². The highest BCUT2D eigenvalue weighted by Crippen LogP contribution is 2.23. The number of hydrogen-bond donors (Lipinski definition) is 2. The first-order valence-electron chi connectivity index (χ1n) is 6.33.